The maximum Gasteiger partial charge on any atom is 0.0809 e. The molecular weight excluding hydrogens is 200 g/mol. The van der Waals surface area contributed by atoms with Crippen molar-refractivity contribution in [2.24, 2.45) is 0 Å². The summed E-state index contributed by atoms with van der Waals surface area (Å²) in [5.41, 5.74) is 0. The normalized spacial score (nSPS) is 10.5. The molecule has 0 N–H and O–H groups in total. The van der Waals surface area contributed by atoms with Gasteiger partial charge in [-0.1, -0.05) is 12.5 Å². The summed E-state index contributed by atoms with van der Waals surface area (Å²) in [6.45, 7) is 1.66. The Bertz CT molecular complexity index is 197. The molecule has 0 unspecified atom stereocenters. The first-order valence-electron chi connectivity index (χ1n) is 4.64. The van der Waals surface area contributed by atoms with Crippen LogP contribution in [0.4, 0.5) is 0 Å². The van der Waals surface area contributed by atoms with Crippen molar-refractivity contribution in [1.29, 1.82) is 0 Å². The van der Waals surface area contributed by atoms with Gasteiger partial charge in [0.25, 0.3) is 0 Å². The van der Waals surface area contributed by atoms with E-state index in [2.05, 4.69) is 30.1 Å². The molecule has 0 atom stereocenters. The zero-order valence-corrected chi connectivity index (χ0v) is 9.45. The van der Waals surface area contributed by atoms with Gasteiger partial charge in [-0.15, -0.1) is 11.3 Å². The van der Waals surface area contributed by atoms with E-state index in [0.717, 1.165) is 25.4 Å². The zero-order chi connectivity index (χ0) is 9.36. The highest BCUT2D eigenvalue weighted by Crippen LogP contribution is 2.09. The largest absolute Gasteiger partial charge is 0.376 e. The molecule has 0 fully saturated rings. The van der Waals surface area contributed by atoms with Gasteiger partial charge in [0.1, 0.15) is 0 Å². The van der Waals surface area contributed by atoms with E-state index in [9.17, 15) is 0 Å². The Hall–Kier alpha value is 0.01000. The van der Waals surface area contributed by atoms with Crippen molar-refractivity contribution in [3.63, 3.8) is 0 Å². The maximum absolute atomic E-state index is 5.51. The molecule has 0 saturated carbocycles. The fourth-order valence-electron chi connectivity index (χ4n) is 1.06. The molecule has 1 nitrogen and oxygen atoms in total. The van der Waals surface area contributed by atoms with Gasteiger partial charge in [0.15, 0.2) is 0 Å². The topological polar surface area (TPSA) is 9.23 Å². The summed E-state index contributed by atoms with van der Waals surface area (Å²) in [6.07, 6.45) is 3.59. The van der Waals surface area contributed by atoms with E-state index in [1.165, 1.54) is 17.7 Å². The van der Waals surface area contributed by atoms with Gasteiger partial charge in [-0.05, 0) is 30.0 Å². The minimum atomic E-state index is 0.776. The molecule has 74 valence electrons. The second kappa shape index (κ2) is 7.42. The van der Waals surface area contributed by atoms with Crippen molar-refractivity contribution in [1.82, 2.24) is 0 Å². The molecule has 0 amide bonds. The third-order valence-electron chi connectivity index (χ3n) is 1.77. The monoisotopic (exact) mass is 216 g/mol. The third kappa shape index (κ3) is 5.34. The highest BCUT2D eigenvalue weighted by Gasteiger charge is 1.93. The van der Waals surface area contributed by atoms with Crippen LogP contribution in [0, 0.1) is 0 Å². The average molecular weight is 216 g/mol. The molecule has 0 spiro atoms. The highest BCUT2D eigenvalue weighted by atomic mass is 32.1. The zero-order valence-electron chi connectivity index (χ0n) is 7.74. The lowest BCUT2D eigenvalue weighted by atomic mass is 10.3. The van der Waals surface area contributed by atoms with E-state index in [-0.39, 0.29) is 0 Å². The van der Waals surface area contributed by atoms with Crippen molar-refractivity contribution >= 4 is 24.0 Å². The van der Waals surface area contributed by atoms with Crippen LogP contribution in [0.15, 0.2) is 17.5 Å². The van der Waals surface area contributed by atoms with Gasteiger partial charge in [-0.3, -0.25) is 0 Å². The second-order valence-electron chi connectivity index (χ2n) is 2.92. The summed E-state index contributed by atoms with van der Waals surface area (Å²) in [5.74, 6) is 0.991. The Morgan fingerprint density at radius 3 is 2.92 bits per heavy atom. The molecule has 0 radical (unpaired) electrons. The molecule has 1 aromatic rings. The van der Waals surface area contributed by atoms with Crippen LogP contribution in [0.1, 0.15) is 24.1 Å². The Morgan fingerprint density at radius 1 is 1.31 bits per heavy atom. The number of thiophene rings is 1. The van der Waals surface area contributed by atoms with Crippen LogP contribution in [0.25, 0.3) is 0 Å². The van der Waals surface area contributed by atoms with Gasteiger partial charge >= 0.3 is 0 Å². The number of ether oxygens (including phenoxy) is 1. The molecule has 0 aliphatic rings. The average Bonchev–Trinajstić information content (AvgIpc) is 2.63. The number of thiol groups is 1. The predicted molar refractivity (Wildman–Crippen MR) is 61.7 cm³/mol. The van der Waals surface area contributed by atoms with Gasteiger partial charge < -0.3 is 4.74 Å². The summed E-state index contributed by atoms with van der Waals surface area (Å²) in [5, 5.41) is 2.08. The van der Waals surface area contributed by atoms with Crippen molar-refractivity contribution < 1.29 is 4.74 Å². The number of rotatable bonds is 7. The number of unbranched alkanes of at least 4 members (excludes halogenated alkanes) is 2. The lowest BCUT2D eigenvalue weighted by molar-refractivity contribution is 0.119. The molecular formula is C10H16OS2. The lowest BCUT2D eigenvalue weighted by Gasteiger charge is -2.01. The van der Waals surface area contributed by atoms with E-state index < -0.39 is 0 Å². The van der Waals surface area contributed by atoms with Gasteiger partial charge in [0.2, 0.25) is 0 Å². The van der Waals surface area contributed by atoms with Crippen LogP contribution in [0.2, 0.25) is 0 Å². The lowest BCUT2D eigenvalue weighted by Crippen LogP contribution is -1.93. The molecule has 3 heteroatoms. The molecule has 0 aromatic carbocycles. The Labute approximate surface area is 89.5 Å². The summed E-state index contributed by atoms with van der Waals surface area (Å²) >= 11 is 5.91. The minimum Gasteiger partial charge on any atom is -0.376 e. The maximum atomic E-state index is 5.51. The van der Waals surface area contributed by atoms with Gasteiger partial charge in [-0.2, -0.15) is 12.6 Å². The Balaban J connectivity index is 1.90. The van der Waals surface area contributed by atoms with Crippen molar-refractivity contribution in [3.8, 4) is 0 Å². The van der Waals surface area contributed by atoms with Crippen LogP contribution in [0.5, 0.6) is 0 Å². The SMILES string of the molecule is SCCCCCOCc1cccs1. The molecule has 0 aliphatic carbocycles. The summed E-state index contributed by atoms with van der Waals surface area (Å²) < 4.78 is 5.51. The molecule has 0 saturated heterocycles. The summed E-state index contributed by atoms with van der Waals surface area (Å²) in [7, 11) is 0. The Morgan fingerprint density at radius 2 is 2.23 bits per heavy atom. The smallest absolute Gasteiger partial charge is 0.0809 e. The molecule has 1 heterocycles. The molecule has 13 heavy (non-hydrogen) atoms. The van der Waals surface area contributed by atoms with Gasteiger partial charge in [0, 0.05) is 11.5 Å². The van der Waals surface area contributed by atoms with Crippen LogP contribution < -0.4 is 0 Å². The van der Waals surface area contributed by atoms with E-state index >= 15 is 0 Å². The molecule has 1 aromatic heterocycles. The fraction of sp³-hybridized carbons (Fsp3) is 0.600. The van der Waals surface area contributed by atoms with E-state index in [1.54, 1.807) is 11.3 Å². The molecule has 0 bridgehead atoms. The first kappa shape index (κ1) is 11.1. The Kier molecular flexibility index (Phi) is 6.33. The molecule has 0 aliphatic heterocycles. The second-order valence-corrected chi connectivity index (χ2v) is 4.40. The van der Waals surface area contributed by atoms with Crippen LogP contribution in [0.3, 0.4) is 0 Å². The predicted octanol–water partition coefficient (Wildman–Crippen LogP) is 3.36. The van der Waals surface area contributed by atoms with Crippen LogP contribution in [-0.2, 0) is 11.3 Å². The summed E-state index contributed by atoms with van der Waals surface area (Å²) in [4.78, 5) is 1.31. The minimum absolute atomic E-state index is 0.776. The van der Waals surface area contributed by atoms with Crippen molar-refractivity contribution in [2.75, 3.05) is 12.4 Å². The quantitative estimate of drug-likeness (QED) is 0.543. The van der Waals surface area contributed by atoms with E-state index in [4.69, 9.17) is 4.74 Å². The number of hydrogen-bond donors (Lipinski definition) is 1. The van der Waals surface area contributed by atoms with E-state index in [0.29, 0.717) is 0 Å². The standard InChI is InChI=1S/C10H16OS2/c12-7-3-1-2-6-11-9-10-5-4-8-13-10/h4-5,8,12H,1-3,6-7,9H2. The number of hydrogen-bond acceptors (Lipinski definition) is 3. The fourth-order valence-corrected chi connectivity index (χ4v) is 1.92. The van der Waals surface area contributed by atoms with Gasteiger partial charge in [-0.25, -0.2) is 0 Å². The van der Waals surface area contributed by atoms with Crippen LogP contribution >= 0.6 is 24.0 Å². The van der Waals surface area contributed by atoms with Crippen molar-refractivity contribution in [3.05, 3.63) is 22.4 Å². The van der Waals surface area contributed by atoms with E-state index in [1.807, 2.05) is 0 Å². The first-order valence-corrected chi connectivity index (χ1v) is 6.15. The van der Waals surface area contributed by atoms with Crippen LogP contribution in [-0.4, -0.2) is 12.4 Å². The molecule has 1 rings (SSSR count). The van der Waals surface area contributed by atoms with Gasteiger partial charge in [0.05, 0.1) is 6.61 Å². The highest BCUT2D eigenvalue weighted by molar-refractivity contribution is 7.80. The first-order chi connectivity index (χ1) is 6.43. The third-order valence-corrected chi connectivity index (χ3v) is 2.94. The summed E-state index contributed by atoms with van der Waals surface area (Å²) in [6, 6.07) is 4.17. The van der Waals surface area contributed by atoms with Crippen molar-refractivity contribution in [2.45, 2.75) is 25.9 Å².